The Bertz CT molecular complexity index is 591. The third-order valence-electron chi connectivity index (χ3n) is 6.23. The van der Waals surface area contributed by atoms with Crippen molar-refractivity contribution in [3.63, 3.8) is 0 Å². The Kier molecular flexibility index (Phi) is 27.1. The highest BCUT2D eigenvalue weighted by Crippen LogP contribution is 2.37. The van der Waals surface area contributed by atoms with Gasteiger partial charge < -0.3 is 31.7 Å². The van der Waals surface area contributed by atoms with Crippen LogP contribution in [0.1, 0.15) is 129 Å². The van der Waals surface area contributed by atoms with Crippen LogP contribution in [0.2, 0.25) is 0 Å². The van der Waals surface area contributed by atoms with Crippen molar-refractivity contribution in [2.75, 3.05) is 13.2 Å². The lowest BCUT2D eigenvalue weighted by Gasteiger charge is -2.17. The first-order chi connectivity index (χ1) is 17.5. The zero-order valence-electron chi connectivity index (χ0n) is 23.5. The molecule has 37 heavy (non-hydrogen) atoms. The second-order valence-corrected chi connectivity index (χ2v) is 11.1. The van der Waals surface area contributed by atoms with Gasteiger partial charge in [0.2, 0.25) is 0 Å². The first-order valence-corrected chi connectivity index (χ1v) is 15.8. The van der Waals surface area contributed by atoms with E-state index in [0.29, 0.717) is 25.3 Å². The molecule has 0 aliphatic heterocycles. The standard InChI is InChI=1S/C20H43O4P.C6H14N4O2/c1-3-5-7-9-11-12-14-16-18-20(19-24-25(21,22)23)17-15-13-10-8-6-4-2;7-4(5(11)12)2-1-3-10-6(8)9/h20H,3-19H2,1-2H3,(H2,21,22,23);4H,1-3,7H2,(H,11,12)(H4,8,9,10). The highest BCUT2D eigenvalue weighted by atomic mass is 31.2. The first-order valence-electron chi connectivity index (χ1n) is 14.3. The fourth-order valence-electron chi connectivity index (χ4n) is 3.96. The Balaban J connectivity index is 0. The van der Waals surface area contributed by atoms with E-state index < -0.39 is 19.8 Å². The minimum Gasteiger partial charge on any atom is -0.480 e. The van der Waals surface area contributed by atoms with Crippen LogP contribution in [0.4, 0.5) is 0 Å². The molecular formula is C26H57N4O6P. The summed E-state index contributed by atoms with van der Waals surface area (Å²) in [4.78, 5) is 28.1. The van der Waals surface area contributed by atoms with Gasteiger partial charge >= 0.3 is 13.8 Å². The molecule has 0 aliphatic carbocycles. The smallest absolute Gasteiger partial charge is 0.469 e. The van der Waals surface area contributed by atoms with Crippen LogP contribution in [-0.4, -0.2) is 46.0 Å². The van der Waals surface area contributed by atoms with E-state index in [1.165, 1.54) is 77.0 Å². The monoisotopic (exact) mass is 552 g/mol. The number of unbranched alkanes of at least 4 members (excludes halogenated alkanes) is 12. The molecule has 9 N–H and O–H groups in total. The maximum atomic E-state index is 11.0. The maximum Gasteiger partial charge on any atom is 0.469 e. The Hall–Kier alpha value is -1.19. The quantitative estimate of drug-likeness (QED) is 0.0343. The molecule has 0 heterocycles. The van der Waals surface area contributed by atoms with Crippen molar-refractivity contribution >= 4 is 19.8 Å². The topological polar surface area (TPSA) is 192 Å². The molecule has 0 aromatic rings. The summed E-state index contributed by atoms with van der Waals surface area (Å²) >= 11 is 0. The van der Waals surface area contributed by atoms with E-state index in [9.17, 15) is 9.36 Å². The van der Waals surface area contributed by atoms with Crippen LogP contribution < -0.4 is 16.8 Å². The molecule has 0 spiro atoms. The van der Waals surface area contributed by atoms with Gasteiger partial charge in [-0.1, -0.05) is 104 Å². The van der Waals surface area contributed by atoms with Crippen LogP contribution in [0.3, 0.4) is 0 Å². The van der Waals surface area contributed by atoms with Crippen molar-refractivity contribution in [3.05, 3.63) is 0 Å². The van der Waals surface area contributed by atoms with E-state index in [-0.39, 0.29) is 12.6 Å². The second-order valence-electron chi connectivity index (χ2n) is 9.90. The van der Waals surface area contributed by atoms with Gasteiger partial charge in [-0.15, -0.1) is 0 Å². The molecule has 0 aliphatic rings. The lowest BCUT2D eigenvalue weighted by molar-refractivity contribution is -0.138. The predicted octanol–water partition coefficient (Wildman–Crippen LogP) is 5.65. The number of nitrogens with two attached hydrogens (primary N) is 2. The van der Waals surface area contributed by atoms with Crippen LogP contribution in [0, 0.1) is 11.3 Å². The first kappa shape index (κ1) is 38.0. The summed E-state index contributed by atoms with van der Waals surface area (Å²) in [6.07, 6.45) is 20.9. The number of phosphoric acid groups is 1. The SMILES string of the molecule is CCCCCCCCCCC(CCCCCCCC)COP(=O)(O)O.N=C(N)NCCCC(N)C(=O)O. The van der Waals surface area contributed by atoms with Crippen molar-refractivity contribution in [3.8, 4) is 0 Å². The molecule has 0 rings (SSSR count). The fourth-order valence-corrected chi connectivity index (χ4v) is 4.37. The number of carboxylic acids is 1. The van der Waals surface area contributed by atoms with Gasteiger partial charge in [0, 0.05) is 6.54 Å². The number of phosphoric ester groups is 1. The molecular weight excluding hydrogens is 495 g/mol. The van der Waals surface area contributed by atoms with Gasteiger partial charge in [-0.2, -0.15) is 0 Å². The summed E-state index contributed by atoms with van der Waals surface area (Å²) in [6, 6.07) is -0.821. The predicted molar refractivity (Wildman–Crippen MR) is 151 cm³/mol. The average molecular weight is 553 g/mol. The highest BCUT2D eigenvalue weighted by Gasteiger charge is 2.18. The van der Waals surface area contributed by atoms with E-state index in [1.807, 2.05) is 0 Å². The molecule has 0 aromatic heterocycles. The van der Waals surface area contributed by atoms with Crippen molar-refractivity contribution in [2.45, 2.75) is 135 Å². The number of guanidine groups is 1. The Morgan fingerprint density at radius 1 is 0.838 bits per heavy atom. The minimum atomic E-state index is -4.33. The molecule has 0 fully saturated rings. The van der Waals surface area contributed by atoms with Crippen LogP contribution >= 0.6 is 7.82 Å². The fraction of sp³-hybridized carbons (Fsp3) is 0.923. The summed E-state index contributed by atoms with van der Waals surface area (Å²) in [5.41, 5.74) is 10.2. The number of nitrogens with one attached hydrogen (secondary N) is 2. The van der Waals surface area contributed by atoms with Crippen LogP contribution in [0.25, 0.3) is 0 Å². The largest absolute Gasteiger partial charge is 0.480 e. The van der Waals surface area contributed by atoms with Gasteiger partial charge in [-0.25, -0.2) is 4.57 Å². The van der Waals surface area contributed by atoms with Gasteiger partial charge in [0.1, 0.15) is 6.04 Å². The number of hydrogen-bond acceptors (Lipinski definition) is 5. The van der Waals surface area contributed by atoms with Gasteiger partial charge in [-0.05, 0) is 31.6 Å². The normalized spacial score (nSPS) is 12.9. The molecule has 2 atom stereocenters. The molecule has 0 saturated heterocycles. The lowest BCUT2D eigenvalue weighted by atomic mass is 9.95. The van der Waals surface area contributed by atoms with E-state index in [1.54, 1.807) is 0 Å². The Labute approximate surface area is 225 Å². The number of rotatable bonds is 24. The molecule has 0 bridgehead atoms. The summed E-state index contributed by atoms with van der Waals surface area (Å²) < 4.78 is 15.7. The van der Waals surface area contributed by atoms with Crippen LogP contribution in [-0.2, 0) is 13.9 Å². The lowest BCUT2D eigenvalue weighted by Crippen LogP contribution is -2.34. The van der Waals surface area contributed by atoms with Gasteiger partial charge in [0.15, 0.2) is 5.96 Å². The average Bonchev–Trinajstić information content (AvgIpc) is 2.83. The molecule has 0 radical (unpaired) electrons. The van der Waals surface area contributed by atoms with Crippen molar-refractivity contribution < 1.29 is 28.8 Å². The number of carboxylic acid groups (broad SMARTS) is 1. The second kappa shape index (κ2) is 26.4. The van der Waals surface area contributed by atoms with Gasteiger partial charge in [0.05, 0.1) is 6.61 Å². The van der Waals surface area contributed by atoms with E-state index in [2.05, 4.69) is 19.2 Å². The zero-order chi connectivity index (χ0) is 28.4. The summed E-state index contributed by atoms with van der Waals surface area (Å²) in [5, 5.41) is 17.7. The van der Waals surface area contributed by atoms with Crippen molar-refractivity contribution in [1.29, 1.82) is 5.41 Å². The van der Waals surface area contributed by atoms with E-state index in [4.69, 9.17) is 36.3 Å². The van der Waals surface area contributed by atoms with Crippen LogP contribution in [0.15, 0.2) is 0 Å². The Morgan fingerprint density at radius 3 is 1.65 bits per heavy atom. The number of aliphatic carboxylic acids is 1. The third kappa shape index (κ3) is 32.8. The van der Waals surface area contributed by atoms with Crippen LogP contribution in [0.5, 0.6) is 0 Å². The van der Waals surface area contributed by atoms with E-state index >= 15 is 0 Å². The third-order valence-corrected chi connectivity index (χ3v) is 6.72. The minimum absolute atomic E-state index is 0.112. The van der Waals surface area contributed by atoms with E-state index in [0.717, 1.165) is 25.7 Å². The number of carbonyl (C=O) groups is 1. The highest BCUT2D eigenvalue weighted by molar-refractivity contribution is 7.46. The van der Waals surface area contributed by atoms with Crippen molar-refractivity contribution in [1.82, 2.24) is 5.32 Å². The zero-order valence-corrected chi connectivity index (χ0v) is 24.4. The molecule has 11 heteroatoms. The van der Waals surface area contributed by atoms with Gasteiger partial charge in [0.25, 0.3) is 0 Å². The summed E-state index contributed by atoms with van der Waals surface area (Å²) in [5.74, 6) is -0.824. The van der Waals surface area contributed by atoms with Gasteiger partial charge in [-0.3, -0.25) is 14.7 Å². The number of hydrogen-bond donors (Lipinski definition) is 7. The molecule has 0 amide bonds. The Morgan fingerprint density at radius 2 is 1.27 bits per heavy atom. The molecule has 0 saturated carbocycles. The molecule has 10 nitrogen and oxygen atoms in total. The summed E-state index contributed by atoms with van der Waals surface area (Å²) in [7, 11) is -4.33. The molecule has 0 aromatic carbocycles. The summed E-state index contributed by atoms with van der Waals surface area (Å²) in [6.45, 7) is 5.15. The maximum absolute atomic E-state index is 11.0. The molecule has 222 valence electrons. The van der Waals surface area contributed by atoms with Crippen molar-refractivity contribution in [2.24, 2.45) is 17.4 Å². The molecule has 2 unspecified atom stereocenters.